The minimum Gasteiger partial charge on any atom is -0.481 e. The van der Waals surface area contributed by atoms with Crippen molar-refractivity contribution < 1.29 is 19.4 Å². The molecule has 1 aromatic carbocycles. The third-order valence-electron chi connectivity index (χ3n) is 2.34. The number of benzene rings is 1. The minimum absolute atomic E-state index is 0. The van der Waals surface area contributed by atoms with E-state index in [2.05, 4.69) is 0 Å². The second-order valence-corrected chi connectivity index (χ2v) is 3.78. The smallest absolute Gasteiger partial charge is 0.339 e. The van der Waals surface area contributed by atoms with Gasteiger partial charge in [-0.25, -0.2) is 4.79 Å². The molecule has 0 aromatic heterocycles. The Balaban J connectivity index is 0.00000144. The monoisotopic (exact) mass is 277 g/mol. The van der Waals surface area contributed by atoms with Crippen molar-refractivity contribution in [2.45, 2.75) is 0 Å². The van der Waals surface area contributed by atoms with Crippen LogP contribution in [0.5, 0.6) is 5.75 Å². The van der Waals surface area contributed by atoms with Crippen LogP contribution in [0.1, 0.15) is 10.4 Å². The lowest BCUT2D eigenvalue weighted by Crippen LogP contribution is -2.36. The summed E-state index contributed by atoms with van der Waals surface area (Å²) >= 11 is 5.78. The van der Waals surface area contributed by atoms with Gasteiger partial charge in [0, 0.05) is 12.1 Å². The van der Waals surface area contributed by atoms with E-state index in [9.17, 15) is 9.59 Å². The van der Waals surface area contributed by atoms with Crippen LogP contribution >= 0.6 is 24.0 Å². The van der Waals surface area contributed by atoms with Gasteiger partial charge in [-0.15, -0.1) is 12.4 Å². The molecule has 92 valence electrons. The number of nitrogens with zero attached hydrogens (tertiary/aromatic N) is 1. The predicted molar refractivity (Wildman–Crippen MR) is 64.6 cm³/mol. The fourth-order valence-electron chi connectivity index (χ4n) is 1.50. The van der Waals surface area contributed by atoms with Gasteiger partial charge in [-0.3, -0.25) is 4.79 Å². The molecule has 0 spiro atoms. The van der Waals surface area contributed by atoms with Crippen molar-refractivity contribution in [3.8, 4) is 5.75 Å². The summed E-state index contributed by atoms with van der Waals surface area (Å²) in [5.41, 5.74) is 0.336. The van der Waals surface area contributed by atoms with Crippen molar-refractivity contribution in [3.05, 3.63) is 22.7 Å². The van der Waals surface area contributed by atoms with Crippen LogP contribution in [0, 0.1) is 0 Å². The molecule has 0 fully saturated rings. The number of rotatable bonds is 1. The summed E-state index contributed by atoms with van der Waals surface area (Å²) in [6, 6.07) is 2.80. The Hall–Kier alpha value is -1.46. The maximum atomic E-state index is 11.4. The first-order chi connectivity index (χ1) is 7.50. The van der Waals surface area contributed by atoms with E-state index in [1.165, 1.54) is 17.0 Å². The molecule has 0 aliphatic carbocycles. The number of carboxylic acid groups (broad SMARTS) is 1. The van der Waals surface area contributed by atoms with Gasteiger partial charge in [0.1, 0.15) is 5.56 Å². The number of fused-ring (bicyclic) bond motifs is 1. The first kappa shape index (κ1) is 13.6. The van der Waals surface area contributed by atoms with E-state index in [1.54, 1.807) is 7.05 Å². The molecular formula is C10H9Cl2NO4. The molecule has 1 aromatic rings. The Morgan fingerprint density at radius 2 is 2.18 bits per heavy atom. The van der Waals surface area contributed by atoms with Crippen molar-refractivity contribution in [1.82, 2.24) is 0 Å². The van der Waals surface area contributed by atoms with Gasteiger partial charge < -0.3 is 14.7 Å². The lowest BCUT2D eigenvalue weighted by molar-refractivity contribution is -0.121. The Bertz CT molecular complexity index is 489. The Morgan fingerprint density at radius 1 is 1.53 bits per heavy atom. The van der Waals surface area contributed by atoms with Crippen LogP contribution in [0.25, 0.3) is 0 Å². The van der Waals surface area contributed by atoms with Crippen molar-refractivity contribution in [3.63, 3.8) is 0 Å². The van der Waals surface area contributed by atoms with Crippen LogP contribution in [0.3, 0.4) is 0 Å². The minimum atomic E-state index is -1.14. The molecule has 0 bridgehead atoms. The SMILES string of the molecule is CN1C(=O)COc2c(C(=O)O)cc(Cl)cc21.Cl. The average Bonchev–Trinajstić information content (AvgIpc) is 2.23. The van der Waals surface area contributed by atoms with Gasteiger partial charge in [-0.2, -0.15) is 0 Å². The average molecular weight is 278 g/mol. The van der Waals surface area contributed by atoms with Crippen LogP contribution in [-0.4, -0.2) is 30.6 Å². The van der Waals surface area contributed by atoms with Gasteiger partial charge in [0.15, 0.2) is 12.4 Å². The molecule has 0 unspecified atom stereocenters. The number of likely N-dealkylation sites (N-methyl/N-ethyl adjacent to an activating group) is 1. The van der Waals surface area contributed by atoms with E-state index >= 15 is 0 Å². The molecule has 0 saturated heterocycles. The molecule has 1 heterocycles. The maximum absolute atomic E-state index is 11.4. The van der Waals surface area contributed by atoms with Crippen molar-refractivity contribution in [2.24, 2.45) is 0 Å². The normalized spacial score (nSPS) is 13.5. The molecule has 1 amide bonds. The van der Waals surface area contributed by atoms with E-state index in [4.69, 9.17) is 21.4 Å². The third kappa shape index (κ3) is 2.30. The van der Waals surface area contributed by atoms with Crippen LogP contribution in [-0.2, 0) is 4.79 Å². The Kier molecular flexibility index (Phi) is 3.85. The maximum Gasteiger partial charge on any atom is 0.339 e. The van der Waals surface area contributed by atoms with Gasteiger partial charge in [0.05, 0.1) is 5.69 Å². The number of hydrogen-bond donors (Lipinski definition) is 1. The number of hydrogen-bond acceptors (Lipinski definition) is 3. The lowest BCUT2D eigenvalue weighted by Gasteiger charge is -2.27. The molecular weight excluding hydrogens is 269 g/mol. The molecule has 17 heavy (non-hydrogen) atoms. The molecule has 1 N–H and O–H groups in total. The van der Waals surface area contributed by atoms with Crippen molar-refractivity contribution >= 4 is 41.6 Å². The number of carbonyl (C=O) groups is 2. The predicted octanol–water partition coefficient (Wildman–Crippen LogP) is 1.82. The number of amides is 1. The van der Waals surface area contributed by atoms with Crippen LogP contribution in [0.2, 0.25) is 5.02 Å². The summed E-state index contributed by atoms with van der Waals surface area (Å²) in [5.74, 6) is -1.20. The van der Waals surface area contributed by atoms with Crippen LogP contribution in [0.4, 0.5) is 5.69 Å². The molecule has 2 rings (SSSR count). The first-order valence-corrected chi connectivity index (χ1v) is 4.84. The van der Waals surface area contributed by atoms with Gasteiger partial charge in [-0.05, 0) is 12.1 Å². The topological polar surface area (TPSA) is 66.8 Å². The number of carbonyl (C=O) groups excluding carboxylic acids is 1. The lowest BCUT2D eigenvalue weighted by atomic mass is 10.1. The summed E-state index contributed by atoms with van der Waals surface area (Å²) in [5, 5.41) is 9.23. The number of anilines is 1. The van der Waals surface area contributed by atoms with Crippen LogP contribution in [0.15, 0.2) is 12.1 Å². The number of carboxylic acids is 1. The van der Waals surface area contributed by atoms with Gasteiger partial charge >= 0.3 is 5.97 Å². The van der Waals surface area contributed by atoms with E-state index in [0.717, 1.165) is 0 Å². The van der Waals surface area contributed by atoms with Gasteiger partial charge in [0.2, 0.25) is 0 Å². The van der Waals surface area contributed by atoms with Crippen molar-refractivity contribution in [1.29, 1.82) is 0 Å². The Morgan fingerprint density at radius 3 is 2.76 bits per heavy atom. The van der Waals surface area contributed by atoms with E-state index < -0.39 is 5.97 Å². The molecule has 0 atom stereocenters. The molecule has 5 nitrogen and oxygen atoms in total. The molecule has 1 aliphatic rings. The highest BCUT2D eigenvalue weighted by atomic mass is 35.5. The zero-order valence-corrected chi connectivity index (χ0v) is 10.3. The standard InChI is InChI=1S/C10H8ClNO4.ClH/c1-12-7-3-5(11)2-6(10(14)15)9(7)16-4-8(12)13;/h2-3H,4H2,1H3,(H,14,15);1H. The number of ether oxygens (including phenoxy) is 1. The van der Waals surface area contributed by atoms with Crippen molar-refractivity contribution in [2.75, 3.05) is 18.6 Å². The van der Waals surface area contributed by atoms with E-state index in [-0.39, 0.29) is 41.3 Å². The number of aromatic carboxylic acids is 1. The van der Waals surface area contributed by atoms with Gasteiger partial charge in [0.25, 0.3) is 5.91 Å². The molecule has 1 aliphatic heterocycles. The summed E-state index contributed by atoms with van der Waals surface area (Å²) < 4.78 is 5.12. The second-order valence-electron chi connectivity index (χ2n) is 3.35. The first-order valence-electron chi connectivity index (χ1n) is 4.47. The highest BCUT2D eigenvalue weighted by Gasteiger charge is 2.27. The second kappa shape index (κ2) is 4.81. The highest BCUT2D eigenvalue weighted by Crippen LogP contribution is 2.37. The third-order valence-corrected chi connectivity index (χ3v) is 2.56. The van der Waals surface area contributed by atoms with E-state index in [0.29, 0.717) is 5.69 Å². The highest BCUT2D eigenvalue weighted by molar-refractivity contribution is 6.31. The summed E-state index contributed by atoms with van der Waals surface area (Å²) in [6.07, 6.45) is 0. The quantitative estimate of drug-likeness (QED) is 0.850. The summed E-state index contributed by atoms with van der Waals surface area (Å²) in [7, 11) is 1.55. The fraction of sp³-hybridized carbons (Fsp3) is 0.200. The summed E-state index contributed by atoms with van der Waals surface area (Å²) in [6.45, 7) is -0.161. The zero-order chi connectivity index (χ0) is 11.9. The summed E-state index contributed by atoms with van der Waals surface area (Å²) in [4.78, 5) is 23.7. The molecule has 7 heteroatoms. The fourth-order valence-corrected chi connectivity index (χ4v) is 1.72. The van der Waals surface area contributed by atoms with Gasteiger partial charge in [-0.1, -0.05) is 11.6 Å². The number of halogens is 2. The van der Waals surface area contributed by atoms with Crippen LogP contribution < -0.4 is 9.64 Å². The molecule has 0 saturated carbocycles. The Labute approximate surface area is 108 Å². The largest absolute Gasteiger partial charge is 0.481 e. The molecule has 0 radical (unpaired) electrons. The van der Waals surface area contributed by atoms with E-state index in [1.807, 2.05) is 0 Å². The zero-order valence-electron chi connectivity index (χ0n) is 8.77.